The smallest absolute Gasteiger partial charge is 0.387 e. The summed E-state index contributed by atoms with van der Waals surface area (Å²) in [6.45, 7) is 40.9. The van der Waals surface area contributed by atoms with Crippen LogP contribution in [-0.2, 0) is 49.7 Å². The van der Waals surface area contributed by atoms with Gasteiger partial charge in [-0.15, -0.1) is 0 Å². The van der Waals surface area contributed by atoms with Crippen LogP contribution in [0.1, 0.15) is 250 Å². The molecular weight excluding hydrogens is 1410 g/mol. The number of phosphoric acid groups is 3. The first-order valence-electron chi connectivity index (χ1n) is 37.9. The average molecular weight is 1550 g/mol. The maximum absolute atomic E-state index is 12.5. The molecule has 600 valence electrons. The minimum Gasteiger partial charge on any atom is -0.387 e. The summed E-state index contributed by atoms with van der Waals surface area (Å²) in [5.74, 6) is -0.0110. The molecule has 0 saturated carbocycles. The number of anilines is 1. The van der Waals surface area contributed by atoms with E-state index < -0.39 is 104 Å². The molecule has 2 aliphatic heterocycles. The van der Waals surface area contributed by atoms with E-state index in [9.17, 15) is 63.0 Å². The first-order chi connectivity index (χ1) is 49.0. The summed E-state index contributed by atoms with van der Waals surface area (Å²) in [6, 6.07) is 0.886. The Morgan fingerprint density at radius 3 is 1.08 bits per heavy atom. The quantitative estimate of drug-likeness (QED) is 0.0187. The minimum absolute atomic E-state index is 0.0110. The van der Waals surface area contributed by atoms with Crippen molar-refractivity contribution in [3.8, 4) is 0 Å². The van der Waals surface area contributed by atoms with Crippen LogP contribution in [-0.4, -0.2) is 220 Å². The zero-order chi connectivity index (χ0) is 77.4. The SMILES string of the molecule is CCCCN(CCCC)CCCC.CCCCN(CCCC)CCCC.CCCCN(CCCC)CCCC.CCCCN(CCCC)CCCC.[B]P(=O)(OP(=O)(O)OC[C@H]1O[C@@H](n2cnc3c(N)ncnc32)[C@H](O)[C@@H]1O)OP(=O)(O)OP(=O)(O)OC[C@H]1O[C@@H](n2ccc(=O)[nH]c2=O)[C@H](O)[C@@H]1O. The lowest BCUT2D eigenvalue weighted by molar-refractivity contribution is -0.0542. The molecule has 12 atom stereocenters. The number of ether oxygens (including phenoxy) is 2. The van der Waals surface area contributed by atoms with Crippen molar-refractivity contribution in [2.75, 3.05) is 97.5 Å². The van der Waals surface area contributed by atoms with Gasteiger partial charge in [0.25, 0.3) is 13.0 Å². The number of aliphatic hydroxyl groups excluding tert-OH is 4. The molecule has 0 aliphatic carbocycles. The van der Waals surface area contributed by atoms with Crippen molar-refractivity contribution in [2.45, 2.75) is 286 Å². The molecule has 31 nitrogen and oxygen atoms in total. The van der Waals surface area contributed by atoms with Crippen LogP contribution in [0.2, 0.25) is 0 Å². The van der Waals surface area contributed by atoms with E-state index in [1.807, 2.05) is 4.98 Å². The number of nitrogens with one attached hydrogen (secondary N) is 1. The summed E-state index contributed by atoms with van der Waals surface area (Å²) in [4.78, 5) is 77.1. The fraction of sp³-hybridized carbons (Fsp3) is 0.866. The number of nitrogens with two attached hydrogens (primary N) is 1. The monoisotopic (exact) mass is 1550 g/mol. The van der Waals surface area contributed by atoms with Crippen molar-refractivity contribution in [2.24, 2.45) is 0 Å². The van der Waals surface area contributed by atoms with E-state index in [-0.39, 0.29) is 17.0 Å². The highest BCUT2D eigenvalue weighted by Gasteiger charge is 2.49. The first-order valence-corrected chi connectivity index (χ1v) is 44.0. The molecule has 5 rings (SSSR count). The van der Waals surface area contributed by atoms with Crippen LogP contribution in [0.25, 0.3) is 11.2 Å². The lowest BCUT2D eigenvalue weighted by Gasteiger charge is -2.23. The Labute approximate surface area is 615 Å². The molecule has 2 saturated heterocycles. The van der Waals surface area contributed by atoms with Crippen molar-refractivity contribution >= 4 is 55.5 Å². The molecule has 3 aromatic rings. The summed E-state index contributed by atoms with van der Waals surface area (Å²) < 4.78 is 83.1. The fourth-order valence-corrected chi connectivity index (χ4v) is 15.8. The number of aromatic amines is 1. The summed E-state index contributed by atoms with van der Waals surface area (Å²) >= 11 is 0. The second kappa shape index (κ2) is 55.7. The van der Waals surface area contributed by atoms with E-state index >= 15 is 0 Å². The molecule has 10 N–H and O–H groups in total. The summed E-state index contributed by atoms with van der Waals surface area (Å²) in [5.41, 5.74) is 4.08. The number of H-pyrrole nitrogens is 1. The summed E-state index contributed by atoms with van der Waals surface area (Å²) in [6.07, 6.45) is 22.0. The van der Waals surface area contributed by atoms with Crippen molar-refractivity contribution in [3.63, 3.8) is 0 Å². The van der Waals surface area contributed by atoms with Gasteiger partial charge in [-0.1, -0.05) is 160 Å². The standard InChI is InChI=1S/C19H26BN7O20P4.4C12H27N/c20-48(34,45-49(35,36)41-3-8-12(30)14(32)18(44-8)27-6-24-10-15(21)22-5-23-16(10)27)46-51(39,40)47-50(37,38)42-4-7-11(29)13(31)17(43-7)26-2-1-9(28)25-19(26)33;4*1-4-7-10-13(11-8-5-2)12-9-6-3/h1-2,5-8,11-14,17-18,29-32H,3-4H2,(H,35,36)(H,37,38)(H,39,40)(H2,21,22,23)(H,25,28,33);4*4-12H2,1-3H3/t7-,8-,11-,12-,13-,14-,17-,18-,48?;;;;/m1..../s1. The third kappa shape index (κ3) is 41.1. The maximum Gasteiger partial charge on any atom is 0.487 e. The van der Waals surface area contributed by atoms with Crippen molar-refractivity contribution in [1.82, 2.24) is 48.7 Å². The number of phosphoric ester groups is 2. The van der Waals surface area contributed by atoms with Gasteiger partial charge >= 0.3 is 29.2 Å². The van der Waals surface area contributed by atoms with Gasteiger partial charge in [-0.3, -0.25) is 32.5 Å². The van der Waals surface area contributed by atoms with Gasteiger partial charge in [0, 0.05) is 12.3 Å². The molecule has 36 heteroatoms. The van der Waals surface area contributed by atoms with Crippen LogP contribution in [0.5, 0.6) is 0 Å². The average Bonchev–Trinajstić information content (AvgIpc) is 1.64. The number of imidazole rings is 1. The second-order valence-corrected chi connectivity index (χ2v) is 32.5. The first kappa shape index (κ1) is 98.3. The Kier molecular flexibility index (Phi) is 53.1. The molecule has 3 aromatic heterocycles. The van der Waals surface area contributed by atoms with Gasteiger partial charge in [0.15, 0.2) is 23.9 Å². The molecule has 2 radical (unpaired) electrons. The van der Waals surface area contributed by atoms with Gasteiger partial charge in [-0.05, 0) is 156 Å². The molecule has 0 aromatic carbocycles. The Hall–Kier alpha value is -2.71. The number of fused-ring (bicyclic) bond motifs is 1. The third-order valence-electron chi connectivity index (χ3n) is 16.8. The van der Waals surface area contributed by atoms with Gasteiger partial charge in [0.05, 0.1) is 19.5 Å². The molecule has 2 aliphatic rings. The number of unbranched alkanes of at least 4 members (excludes halogenated alkanes) is 12. The summed E-state index contributed by atoms with van der Waals surface area (Å²) in [7, 11) is -18.1. The summed E-state index contributed by atoms with van der Waals surface area (Å²) in [5, 5.41) is 41.3. The molecule has 0 spiro atoms. The van der Waals surface area contributed by atoms with Crippen molar-refractivity contribution in [1.29, 1.82) is 0 Å². The van der Waals surface area contributed by atoms with Crippen LogP contribution in [0.3, 0.4) is 0 Å². The molecule has 103 heavy (non-hydrogen) atoms. The zero-order valence-electron chi connectivity index (χ0n) is 64.2. The lowest BCUT2D eigenvalue weighted by Crippen LogP contribution is -2.37. The number of aromatic nitrogens is 6. The predicted molar refractivity (Wildman–Crippen MR) is 406 cm³/mol. The predicted octanol–water partition coefficient (Wildman–Crippen LogP) is 11.6. The topological polar surface area (TPSA) is 412 Å². The number of aliphatic hydroxyl groups is 4. The second-order valence-electron chi connectivity index (χ2n) is 26.1. The van der Waals surface area contributed by atoms with Gasteiger partial charge in [0.2, 0.25) is 7.57 Å². The van der Waals surface area contributed by atoms with Gasteiger partial charge in [-0.2, -0.15) is 4.31 Å². The van der Waals surface area contributed by atoms with E-state index in [0.717, 1.165) is 24.9 Å². The van der Waals surface area contributed by atoms with Gasteiger partial charge in [-0.25, -0.2) is 42.1 Å². The van der Waals surface area contributed by atoms with E-state index in [4.69, 9.17) is 22.8 Å². The number of hydrogen-bond donors (Lipinski definition) is 9. The molecule has 2 fully saturated rings. The highest BCUT2D eigenvalue weighted by molar-refractivity contribution is 7.87. The molecule has 4 unspecified atom stereocenters. The van der Waals surface area contributed by atoms with Crippen molar-refractivity contribution in [3.05, 3.63) is 45.8 Å². The number of nitrogens with zero attached hydrogens (tertiary/aromatic N) is 9. The van der Waals surface area contributed by atoms with Crippen LogP contribution in [0, 0.1) is 0 Å². The van der Waals surface area contributed by atoms with E-state index in [0.29, 0.717) is 4.57 Å². The Morgan fingerprint density at radius 2 is 0.767 bits per heavy atom. The Morgan fingerprint density at radius 1 is 0.466 bits per heavy atom. The van der Waals surface area contributed by atoms with Crippen LogP contribution in [0.4, 0.5) is 5.82 Å². The molecular formula is C67H134BN11O20P4. The van der Waals surface area contributed by atoms with E-state index in [2.05, 4.69) is 140 Å². The minimum atomic E-state index is -6.10. The van der Waals surface area contributed by atoms with Crippen molar-refractivity contribution < 1.29 is 84.8 Å². The highest BCUT2D eigenvalue weighted by Crippen LogP contribution is 2.71. The van der Waals surface area contributed by atoms with E-state index in [1.165, 1.54) is 237 Å². The third-order valence-corrected chi connectivity index (χ3v) is 22.9. The fourth-order valence-electron chi connectivity index (χ4n) is 10.6. The van der Waals surface area contributed by atoms with E-state index in [1.54, 1.807) is 0 Å². The van der Waals surface area contributed by atoms with Crippen LogP contribution < -0.4 is 17.0 Å². The normalized spacial score (nSPS) is 21.2. The zero-order valence-corrected chi connectivity index (χ0v) is 67.8. The largest absolute Gasteiger partial charge is 0.487 e. The highest BCUT2D eigenvalue weighted by atomic mass is 31.3. The lowest BCUT2D eigenvalue weighted by atomic mass is 10.1. The number of nitrogen functional groups attached to an aromatic ring is 1. The van der Waals surface area contributed by atoms with Crippen LogP contribution >= 0.6 is 30.9 Å². The van der Waals surface area contributed by atoms with Gasteiger partial charge < -0.3 is 69.9 Å². The number of hydrogen-bond acceptors (Lipinski definition) is 25. The Balaban J connectivity index is 0.000000819. The molecule has 0 bridgehead atoms. The molecule has 5 heterocycles. The van der Waals surface area contributed by atoms with Crippen LogP contribution in [0.15, 0.2) is 34.5 Å². The Bertz CT molecular complexity index is 2810. The molecule has 0 amide bonds. The van der Waals surface area contributed by atoms with Gasteiger partial charge in [0.1, 0.15) is 48.5 Å². The number of rotatable bonds is 50. The maximum atomic E-state index is 12.5.